The lowest BCUT2D eigenvalue weighted by Gasteiger charge is -2.13. The molecule has 23 heavy (non-hydrogen) atoms. The number of guanidine groups is 1. The number of aromatic nitrogens is 2. The maximum Gasteiger partial charge on any atom is 0.255 e. The van der Waals surface area contributed by atoms with Crippen LogP contribution in [-0.2, 0) is 12.8 Å². The Morgan fingerprint density at radius 1 is 1.35 bits per heavy atom. The van der Waals surface area contributed by atoms with E-state index in [0.717, 1.165) is 36.9 Å². The van der Waals surface area contributed by atoms with Gasteiger partial charge in [0.15, 0.2) is 0 Å². The van der Waals surface area contributed by atoms with Crippen LogP contribution in [-0.4, -0.2) is 23.0 Å². The fraction of sp³-hybridized carbons (Fsp3) is 0.312. The highest BCUT2D eigenvalue weighted by molar-refractivity contribution is 5.94. The number of ether oxygens (including phenoxy) is 1. The van der Waals surface area contributed by atoms with Gasteiger partial charge in [-0.2, -0.15) is 4.99 Å². The van der Waals surface area contributed by atoms with Gasteiger partial charge >= 0.3 is 0 Å². The molecule has 120 valence electrons. The van der Waals surface area contributed by atoms with Gasteiger partial charge in [0, 0.05) is 5.56 Å². The van der Waals surface area contributed by atoms with E-state index in [1.807, 2.05) is 24.3 Å². The van der Waals surface area contributed by atoms with Crippen molar-refractivity contribution >= 4 is 17.6 Å². The Bertz CT molecular complexity index is 797. The molecule has 7 nitrogen and oxygen atoms in total. The summed E-state index contributed by atoms with van der Waals surface area (Å²) in [6.45, 7) is 0. The molecule has 0 unspecified atom stereocenters. The first-order valence-electron chi connectivity index (χ1n) is 7.53. The Hall–Kier alpha value is -2.83. The Labute approximate surface area is 133 Å². The number of nitrogens with zero attached hydrogens (tertiary/aromatic N) is 2. The topological polar surface area (TPSA) is 105 Å². The van der Waals surface area contributed by atoms with E-state index >= 15 is 0 Å². The minimum absolute atomic E-state index is 0.126. The van der Waals surface area contributed by atoms with Crippen LogP contribution in [0.1, 0.15) is 24.1 Å². The number of nitrogens with one attached hydrogen (secondary N) is 2. The van der Waals surface area contributed by atoms with Gasteiger partial charge in [-0.05, 0) is 37.8 Å². The fourth-order valence-corrected chi connectivity index (χ4v) is 2.67. The molecular formula is C16H19N5O2. The summed E-state index contributed by atoms with van der Waals surface area (Å²) in [6.07, 6.45) is 3.65. The van der Waals surface area contributed by atoms with Gasteiger partial charge in [-0.1, -0.05) is 12.1 Å². The quantitative estimate of drug-likeness (QED) is 0.591. The number of para-hydroxylation sites is 2. The van der Waals surface area contributed by atoms with Gasteiger partial charge in [0.1, 0.15) is 5.75 Å². The summed E-state index contributed by atoms with van der Waals surface area (Å²) >= 11 is 0. The molecule has 2 aromatic rings. The predicted molar refractivity (Wildman–Crippen MR) is 89.4 cm³/mol. The van der Waals surface area contributed by atoms with Gasteiger partial charge in [0.25, 0.3) is 5.56 Å². The van der Waals surface area contributed by atoms with Gasteiger partial charge in [0.2, 0.25) is 11.9 Å². The first kappa shape index (κ1) is 15.1. The molecule has 3 rings (SSSR count). The summed E-state index contributed by atoms with van der Waals surface area (Å²) in [5.74, 6) is 1.00. The van der Waals surface area contributed by atoms with E-state index in [1.165, 1.54) is 0 Å². The third kappa shape index (κ3) is 3.33. The van der Waals surface area contributed by atoms with Crippen molar-refractivity contribution < 1.29 is 4.74 Å². The molecule has 1 aromatic carbocycles. The normalized spacial score (nSPS) is 14.2. The van der Waals surface area contributed by atoms with Crippen molar-refractivity contribution in [3.63, 3.8) is 0 Å². The summed E-state index contributed by atoms with van der Waals surface area (Å²) in [5.41, 5.74) is 8.07. The monoisotopic (exact) mass is 313 g/mol. The van der Waals surface area contributed by atoms with Crippen molar-refractivity contribution in [1.29, 1.82) is 0 Å². The van der Waals surface area contributed by atoms with Crippen molar-refractivity contribution in [2.45, 2.75) is 25.7 Å². The summed E-state index contributed by atoms with van der Waals surface area (Å²) in [7, 11) is 1.58. The number of aryl methyl sites for hydroxylation is 1. The minimum atomic E-state index is -0.126. The van der Waals surface area contributed by atoms with Gasteiger partial charge in [-0.3, -0.25) is 9.78 Å². The van der Waals surface area contributed by atoms with Crippen LogP contribution in [0.3, 0.4) is 0 Å². The minimum Gasteiger partial charge on any atom is -0.495 e. The second kappa shape index (κ2) is 6.51. The van der Waals surface area contributed by atoms with E-state index in [2.05, 4.69) is 20.3 Å². The zero-order valence-corrected chi connectivity index (χ0v) is 12.9. The highest BCUT2D eigenvalue weighted by Gasteiger charge is 2.15. The first-order chi connectivity index (χ1) is 11.2. The third-order valence-electron chi connectivity index (χ3n) is 3.78. The van der Waals surface area contributed by atoms with E-state index in [4.69, 9.17) is 10.5 Å². The summed E-state index contributed by atoms with van der Waals surface area (Å²) in [6, 6.07) is 7.36. The fourth-order valence-electron chi connectivity index (χ4n) is 2.67. The summed E-state index contributed by atoms with van der Waals surface area (Å²) in [5, 5.41) is 2.95. The van der Waals surface area contributed by atoms with Crippen LogP contribution < -0.4 is 21.3 Å². The van der Waals surface area contributed by atoms with Crippen LogP contribution in [0.25, 0.3) is 0 Å². The SMILES string of the molecule is COc1ccccc1N/C(N)=N/c1nc2c(c(=O)[nH]1)CCCC2. The molecule has 0 atom stereocenters. The predicted octanol–water partition coefficient (Wildman–Crippen LogP) is 1.72. The molecule has 0 fully saturated rings. The summed E-state index contributed by atoms with van der Waals surface area (Å²) < 4.78 is 5.24. The number of hydrogen-bond donors (Lipinski definition) is 3. The molecule has 1 aromatic heterocycles. The molecule has 1 heterocycles. The molecule has 0 radical (unpaired) electrons. The standard InChI is InChI=1S/C16H19N5O2/c1-23-13-9-5-4-8-12(13)18-15(17)21-16-19-11-7-3-2-6-10(11)14(22)20-16/h4-5,8-9H,2-3,6-7H2,1H3,(H4,17,18,19,20,21,22). The Morgan fingerprint density at radius 3 is 2.96 bits per heavy atom. The molecule has 0 saturated heterocycles. The van der Waals surface area contributed by atoms with Crippen molar-refractivity contribution in [3.8, 4) is 5.75 Å². The average Bonchev–Trinajstić information content (AvgIpc) is 2.55. The number of fused-ring (bicyclic) bond motifs is 1. The third-order valence-corrected chi connectivity index (χ3v) is 3.78. The van der Waals surface area contributed by atoms with Crippen LogP contribution in [0.4, 0.5) is 11.6 Å². The lowest BCUT2D eigenvalue weighted by molar-refractivity contribution is 0.417. The van der Waals surface area contributed by atoms with E-state index < -0.39 is 0 Å². The van der Waals surface area contributed by atoms with Crippen LogP contribution in [0, 0.1) is 0 Å². The molecule has 1 aliphatic rings. The summed E-state index contributed by atoms with van der Waals surface area (Å²) in [4.78, 5) is 23.3. The van der Waals surface area contributed by atoms with Crippen LogP contribution >= 0.6 is 0 Å². The van der Waals surface area contributed by atoms with Gasteiger partial charge in [-0.15, -0.1) is 0 Å². The van der Waals surface area contributed by atoms with Crippen LogP contribution in [0.15, 0.2) is 34.1 Å². The van der Waals surface area contributed by atoms with E-state index in [9.17, 15) is 4.79 Å². The van der Waals surface area contributed by atoms with E-state index in [-0.39, 0.29) is 17.5 Å². The smallest absolute Gasteiger partial charge is 0.255 e. The van der Waals surface area contributed by atoms with Crippen molar-refractivity contribution in [2.75, 3.05) is 12.4 Å². The number of rotatable bonds is 3. The number of aromatic amines is 1. The Balaban J connectivity index is 1.86. The molecule has 0 spiro atoms. The Morgan fingerprint density at radius 2 is 2.13 bits per heavy atom. The number of aliphatic imine (C=N–C) groups is 1. The van der Waals surface area contributed by atoms with E-state index in [0.29, 0.717) is 11.4 Å². The lowest BCUT2D eigenvalue weighted by atomic mass is 9.97. The molecule has 7 heteroatoms. The highest BCUT2D eigenvalue weighted by Crippen LogP contribution is 2.23. The van der Waals surface area contributed by atoms with Gasteiger partial charge < -0.3 is 15.8 Å². The second-order valence-electron chi connectivity index (χ2n) is 5.34. The van der Waals surface area contributed by atoms with Gasteiger partial charge in [0.05, 0.1) is 18.5 Å². The van der Waals surface area contributed by atoms with Crippen LogP contribution in [0.2, 0.25) is 0 Å². The molecule has 0 aliphatic heterocycles. The van der Waals surface area contributed by atoms with Crippen molar-refractivity contribution in [3.05, 3.63) is 45.9 Å². The molecule has 0 amide bonds. The zero-order chi connectivity index (χ0) is 16.2. The number of H-pyrrole nitrogens is 1. The van der Waals surface area contributed by atoms with Gasteiger partial charge in [-0.25, -0.2) is 4.98 Å². The average molecular weight is 313 g/mol. The maximum atomic E-state index is 12.1. The molecule has 0 saturated carbocycles. The second-order valence-corrected chi connectivity index (χ2v) is 5.34. The zero-order valence-electron chi connectivity index (χ0n) is 12.9. The molecule has 4 N–H and O–H groups in total. The number of benzene rings is 1. The van der Waals surface area contributed by atoms with Crippen molar-refractivity contribution in [1.82, 2.24) is 9.97 Å². The highest BCUT2D eigenvalue weighted by atomic mass is 16.5. The van der Waals surface area contributed by atoms with Crippen molar-refractivity contribution in [2.24, 2.45) is 10.7 Å². The van der Waals surface area contributed by atoms with Crippen LogP contribution in [0.5, 0.6) is 5.75 Å². The largest absolute Gasteiger partial charge is 0.495 e. The molecular weight excluding hydrogens is 294 g/mol. The number of anilines is 1. The number of hydrogen-bond acceptors (Lipinski definition) is 4. The molecule has 1 aliphatic carbocycles. The lowest BCUT2D eigenvalue weighted by Crippen LogP contribution is -2.24. The first-order valence-corrected chi connectivity index (χ1v) is 7.53. The molecule has 0 bridgehead atoms. The van der Waals surface area contributed by atoms with E-state index in [1.54, 1.807) is 7.11 Å². The maximum absolute atomic E-state index is 12.1. The Kier molecular flexibility index (Phi) is 4.27. The number of nitrogens with two attached hydrogens (primary N) is 1. The number of methoxy groups -OCH3 is 1.